The number of anilines is 1. The Balaban J connectivity index is 2.15. The summed E-state index contributed by atoms with van der Waals surface area (Å²) < 4.78 is 0. The van der Waals surface area contributed by atoms with Crippen molar-refractivity contribution in [1.82, 2.24) is 0 Å². The average Bonchev–Trinajstić information content (AvgIpc) is 2.26. The number of benzene rings is 1. The Morgan fingerprint density at radius 3 is 2.72 bits per heavy atom. The molecule has 1 fully saturated rings. The van der Waals surface area contributed by atoms with Gasteiger partial charge in [-0.15, -0.1) is 0 Å². The van der Waals surface area contributed by atoms with Gasteiger partial charge in [0.25, 0.3) is 5.69 Å². The van der Waals surface area contributed by atoms with Crippen LogP contribution >= 0.6 is 0 Å². The number of hydrogen-bond acceptors (Lipinski definition) is 3. The summed E-state index contributed by atoms with van der Waals surface area (Å²) in [6.45, 7) is 1.87. The molecular formula is C13H16N2O3. The molecule has 5 nitrogen and oxygen atoms in total. The minimum absolute atomic E-state index is 0.0280. The zero-order valence-corrected chi connectivity index (χ0v) is 10.3. The van der Waals surface area contributed by atoms with Gasteiger partial charge in [-0.25, -0.2) is 0 Å². The molecule has 1 aliphatic rings. The monoisotopic (exact) mass is 248 g/mol. The SMILES string of the molecule is CCc1ccc(NC(=O)C2CCC2)cc1[N+](=O)[O-]. The number of hydrogen-bond donors (Lipinski definition) is 1. The first-order chi connectivity index (χ1) is 8.61. The minimum Gasteiger partial charge on any atom is -0.326 e. The molecule has 0 saturated heterocycles. The van der Waals surface area contributed by atoms with Gasteiger partial charge in [-0.2, -0.15) is 0 Å². The molecule has 5 heteroatoms. The van der Waals surface area contributed by atoms with E-state index in [0.29, 0.717) is 17.7 Å². The van der Waals surface area contributed by atoms with E-state index < -0.39 is 4.92 Å². The molecule has 1 aromatic rings. The molecular weight excluding hydrogens is 232 g/mol. The molecule has 18 heavy (non-hydrogen) atoms. The van der Waals surface area contributed by atoms with Crippen molar-refractivity contribution in [3.05, 3.63) is 33.9 Å². The summed E-state index contributed by atoms with van der Waals surface area (Å²) in [7, 11) is 0. The number of nitro benzene ring substituents is 1. The van der Waals surface area contributed by atoms with E-state index in [1.54, 1.807) is 12.1 Å². The van der Waals surface area contributed by atoms with Gasteiger partial charge in [-0.3, -0.25) is 14.9 Å². The van der Waals surface area contributed by atoms with Crippen LogP contribution < -0.4 is 5.32 Å². The first-order valence-electron chi connectivity index (χ1n) is 6.20. The molecule has 1 aliphatic carbocycles. The number of aryl methyl sites for hydroxylation is 1. The highest BCUT2D eigenvalue weighted by atomic mass is 16.6. The Hall–Kier alpha value is -1.91. The molecule has 1 aromatic carbocycles. The summed E-state index contributed by atoms with van der Waals surface area (Å²) in [5.41, 5.74) is 1.27. The van der Waals surface area contributed by atoms with Crippen molar-refractivity contribution in [3.8, 4) is 0 Å². The maximum atomic E-state index is 11.7. The summed E-state index contributed by atoms with van der Waals surface area (Å²) in [5.74, 6) is 0.0507. The molecule has 2 rings (SSSR count). The minimum atomic E-state index is -0.405. The number of nitro groups is 1. The molecule has 0 heterocycles. The van der Waals surface area contributed by atoms with Crippen molar-refractivity contribution in [1.29, 1.82) is 0 Å². The third-order valence-corrected chi connectivity index (χ3v) is 3.41. The van der Waals surface area contributed by atoms with E-state index in [1.165, 1.54) is 6.07 Å². The van der Waals surface area contributed by atoms with E-state index in [2.05, 4.69) is 5.32 Å². The Labute approximate surface area is 105 Å². The lowest BCUT2D eigenvalue weighted by atomic mass is 9.85. The number of amides is 1. The van der Waals surface area contributed by atoms with Gasteiger partial charge in [-0.05, 0) is 25.3 Å². The van der Waals surface area contributed by atoms with E-state index in [4.69, 9.17) is 0 Å². The molecule has 0 spiro atoms. The number of nitrogens with one attached hydrogen (secondary N) is 1. The van der Waals surface area contributed by atoms with Gasteiger partial charge in [0.1, 0.15) is 0 Å². The van der Waals surface area contributed by atoms with Crippen LogP contribution in [0.25, 0.3) is 0 Å². The summed E-state index contributed by atoms with van der Waals surface area (Å²) in [6, 6.07) is 4.87. The van der Waals surface area contributed by atoms with E-state index in [9.17, 15) is 14.9 Å². The molecule has 1 amide bonds. The first-order valence-corrected chi connectivity index (χ1v) is 6.20. The Bertz CT molecular complexity index is 481. The van der Waals surface area contributed by atoms with Gasteiger partial charge in [0.2, 0.25) is 5.91 Å². The van der Waals surface area contributed by atoms with Crippen molar-refractivity contribution in [2.24, 2.45) is 5.92 Å². The third-order valence-electron chi connectivity index (χ3n) is 3.41. The summed E-state index contributed by atoms with van der Waals surface area (Å²) in [5, 5.41) is 13.7. The summed E-state index contributed by atoms with van der Waals surface area (Å²) >= 11 is 0. The van der Waals surface area contributed by atoms with Gasteiger partial charge in [0.15, 0.2) is 0 Å². The van der Waals surface area contributed by atoms with Crippen molar-refractivity contribution in [2.45, 2.75) is 32.6 Å². The van der Waals surface area contributed by atoms with Crippen LogP contribution in [0, 0.1) is 16.0 Å². The standard InChI is InChI=1S/C13H16N2O3/c1-2-9-6-7-11(8-12(9)15(17)18)14-13(16)10-4-3-5-10/h6-8,10H,2-5H2,1H3,(H,14,16). The Morgan fingerprint density at radius 2 is 2.22 bits per heavy atom. The lowest BCUT2D eigenvalue weighted by Gasteiger charge is -2.24. The Morgan fingerprint density at radius 1 is 1.50 bits per heavy atom. The van der Waals surface area contributed by atoms with Gasteiger partial charge in [0, 0.05) is 23.2 Å². The topological polar surface area (TPSA) is 72.2 Å². The second kappa shape index (κ2) is 5.16. The van der Waals surface area contributed by atoms with Crippen molar-refractivity contribution >= 4 is 17.3 Å². The van der Waals surface area contributed by atoms with Crippen molar-refractivity contribution in [2.75, 3.05) is 5.32 Å². The molecule has 1 saturated carbocycles. The highest BCUT2D eigenvalue weighted by Crippen LogP contribution is 2.29. The number of rotatable bonds is 4. The van der Waals surface area contributed by atoms with Crippen molar-refractivity contribution < 1.29 is 9.72 Å². The van der Waals surface area contributed by atoms with Crippen LogP contribution in [0.1, 0.15) is 31.7 Å². The predicted octanol–water partition coefficient (Wildman–Crippen LogP) is 2.90. The molecule has 0 atom stereocenters. The van der Waals surface area contributed by atoms with Crippen LogP contribution in [-0.2, 0) is 11.2 Å². The third kappa shape index (κ3) is 2.50. The first kappa shape index (κ1) is 12.5. The second-order valence-corrected chi connectivity index (χ2v) is 4.57. The Kier molecular flexibility index (Phi) is 3.60. The van der Waals surface area contributed by atoms with E-state index in [-0.39, 0.29) is 17.5 Å². The fourth-order valence-corrected chi connectivity index (χ4v) is 2.03. The smallest absolute Gasteiger partial charge is 0.274 e. The number of carbonyl (C=O) groups excluding carboxylic acids is 1. The zero-order chi connectivity index (χ0) is 13.1. The molecule has 0 unspecified atom stereocenters. The molecule has 0 aromatic heterocycles. The maximum Gasteiger partial charge on any atom is 0.274 e. The molecule has 0 bridgehead atoms. The quantitative estimate of drug-likeness (QED) is 0.657. The van der Waals surface area contributed by atoms with Crippen LogP contribution in [0.4, 0.5) is 11.4 Å². The second-order valence-electron chi connectivity index (χ2n) is 4.57. The molecule has 1 N–H and O–H groups in total. The average molecular weight is 248 g/mol. The normalized spacial score (nSPS) is 14.9. The zero-order valence-electron chi connectivity index (χ0n) is 10.3. The van der Waals surface area contributed by atoms with E-state index in [0.717, 1.165) is 19.3 Å². The van der Waals surface area contributed by atoms with Gasteiger partial charge < -0.3 is 5.32 Å². The molecule has 0 aliphatic heterocycles. The van der Waals surface area contributed by atoms with Crippen LogP contribution in [0.2, 0.25) is 0 Å². The lowest BCUT2D eigenvalue weighted by molar-refractivity contribution is -0.385. The highest BCUT2D eigenvalue weighted by Gasteiger charge is 2.25. The van der Waals surface area contributed by atoms with Gasteiger partial charge in [0.05, 0.1) is 4.92 Å². The van der Waals surface area contributed by atoms with Crippen LogP contribution in [0.15, 0.2) is 18.2 Å². The lowest BCUT2D eigenvalue weighted by Crippen LogP contribution is -2.28. The number of nitrogens with zero attached hydrogens (tertiary/aromatic N) is 1. The van der Waals surface area contributed by atoms with E-state index >= 15 is 0 Å². The van der Waals surface area contributed by atoms with Gasteiger partial charge >= 0.3 is 0 Å². The fraction of sp³-hybridized carbons (Fsp3) is 0.462. The summed E-state index contributed by atoms with van der Waals surface area (Å²) in [6.07, 6.45) is 3.53. The van der Waals surface area contributed by atoms with Crippen LogP contribution in [0.5, 0.6) is 0 Å². The molecule has 0 radical (unpaired) electrons. The van der Waals surface area contributed by atoms with Crippen LogP contribution in [0.3, 0.4) is 0 Å². The predicted molar refractivity (Wildman–Crippen MR) is 68.4 cm³/mol. The molecule has 96 valence electrons. The summed E-state index contributed by atoms with van der Waals surface area (Å²) in [4.78, 5) is 22.3. The van der Waals surface area contributed by atoms with E-state index in [1.807, 2.05) is 6.92 Å². The van der Waals surface area contributed by atoms with Gasteiger partial charge in [-0.1, -0.05) is 19.4 Å². The fourth-order valence-electron chi connectivity index (χ4n) is 2.03. The van der Waals surface area contributed by atoms with Crippen molar-refractivity contribution in [3.63, 3.8) is 0 Å². The maximum absolute atomic E-state index is 11.7. The number of carbonyl (C=O) groups is 1. The highest BCUT2D eigenvalue weighted by molar-refractivity contribution is 5.93. The van der Waals surface area contributed by atoms with Crippen LogP contribution in [-0.4, -0.2) is 10.8 Å². The largest absolute Gasteiger partial charge is 0.326 e.